The van der Waals surface area contributed by atoms with Gasteiger partial charge in [-0.3, -0.25) is 4.79 Å². The Labute approximate surface area is 154 Å². The quantitative estimate of drug-likeness (QED) is 0.809. The fraction of sp³-hybridized carbons (Fsp3) is 0.263. The summed E-state index contributed by atoms with van der Waals surface area (Å²) in [6.07, 6.45) is 0.220. The molecule has 0 aliphatic heterocycles. The molecule has 0 saturated heterocycles. The van der Waals surface area contributed by atoms with E-state index in [1.807, 2.05) is 36.4 Å². The van der Waals surface area contributed by atoms with Crippen molar-refractivity contribution in [2.45, 2.75) is 24.8 Å². The average Bonchev–Trinajstić information content (AvgIpc) is 2.65. The third kappa shape index (κ3) is 4.91. The summed E-state index contributed by atoms with van der Waals surface area (Å²) in [6.45, 7) is 2.21. The molecule has 0 fully saturated rings. The lowest BCUT2D eigenvalue weighted by atomic mass is 10.1. The van der Waals surface area contributed by atoms with E-state index in [0.717, 1.165) is 5.56 Å². The van der Waals surface area contributed by atoms with Crippen LogP contribution in [-0.2, 0) is 16.6 Å². The van der Waals surface area contributed by atoms with Crippen molar-refractivity contribution in [1.29, 1.82) is 5.26 Å². The molecule has 6 nitrogen and oxygen atoms in total. The largest absolute Gasteiger partial charge is 0.341 e. The number of hydrogen-bond donors (Lipinski definition) is 1. The van der Waals surface area contributed by atoms with Crippen LogP contribution >= 0.6 is 0 Å². The van der Waals surface area contributed by atoms with Gasteiger partial charge in [0, 0.05) is 25.7 Å². The predicted octanol–water partition coefficient (Wildman–Crippen LogP) is 2.46. The summed E-state index contributed by atoms with van der Waals surface area (Å²) in [5.74, 6) is -0.308. The van der Waals surface area contributed by atoms with Gasteiger partial charge in [0.05, 0.1) is 17.4 Å². The van der Waals surface area contributed by atoms with E-state index in [0.29, 0.717) is 11.1 Å². The number of rotatable bonds is 7. The van der Waals surface area contributed by atoms with Gasteiger partial charge in [-0.1, -0.05) is 36.4 Å². The molecule has 2 aromatic rings. The van der Waals surface area contributed by atoms with Crippen LogP contribution in [0.25, 0.3) is 0 Å². The number of carbonyl (C=O) groups is 1. The zero-order chi connectivity index (χ0) is 19.2. The molecule has 7 heteroatoms. The second kappa shape index (κ2) is 8.61. The molecule has 0 aromatic heterocycles. The SMILES string of the molecule is Cc1ccc(S(=O)(=O)NCc2ccccc2)cc1C(=O)N(C)CCC#N. The second-order valence-corrected chi connectivity index (χ2v) is 7.69. The van der Waals surface area contributed by atoms with Crippen molar-refractivity contribution in [3.05, 3.63) is 65.2 Å². The minimum atomic E-state index is -3.75. The fourth-order valence-corrected chi connectivity index (χ4v) is 3.42. The molecule has 0 unspecified atom stereocenters. The monoisotopic (exact) mass is 371 g/mol. The lowest BCUT2D eigenvalue weighted by Gasteiger charge is -2.17. The lowest BCUT2D eigenvalue weighted by Crippen LogP contribution is -2.29. The highest BCUT2D eigenvalue weighted by Crippen LogP contribution is 2.18. The molecule has 0 bridgehead atoms. The molecule has 0 spiro atoms. The van der Waals surface area contributed by atoms with E-state index in [4.69, 9.17) is 5.26 Å². The lowest BCUT2D eigenvalue weighted by molar-refractivity contribution is 0.0797. The van der Waals surface area contributed by atoms with Crippen LogP contribution in [0.3, 0.4) is 0 Å². The van der Waals surface area contributed by atoms with Crippen molar-refractivity contribution in [3.8, 4) is 6.07 Å². The number of nitrogens with zero attached hydrogens (tertiary/aromatic N) is 2. The van der Waals surface area contributed by atoms with Gasteiger partial charge in [0.2, 0.25) is 10.0 Å². The Balaban J connectivity index is 2.22. The van der Waals surface area contributed by atoms with E-state index >= 15 is 0 Å². The predicted molar refractivity (Wildman–Crippen MR) is 98.8 cm³/mol. The van der Waals surface area contributed by atoms with Crippen molar-refractivity contribution >= 4 is 15.9 Å². The maximum Gasteiger partial charge on any atom is 0.253 e. The fourth-order valence-electron chi connectivity index (χ4n) is 2.38. The van der Waals surface area contributed by atoms with Gasteiger partial charge in [-0.2, -0.15) is 5.26 Å². The Hall–Kier alpha value is -2.69. The number of nitriles is 1. The Morgan fingerprint density at radius 2 is 1.88 bits per heavy atom. The van der Waals surface area contributed by atoms with E-state index in [1.54, 1.807) is 20.0 Å². The van der Waals surface area contributed by atoms with Crippen molar-refractivity contribution in [2.75, 3.05) is 13.6 Å². The molecule has 0 aliphatic rings. The molecule has 2 aromatic carbocycles. The van der Waals surface area contributed by atoms with Gasteiger partial charge in [0.25, 0.3) is 5.91 Å². The molecule has 1 N–H and O–H groups in total. The highest BCUT2D eigenvalue weighted by molar-refractivity contribution is 7.89. The van der Waals surface area contributed by atoms with Crippen LogP contribution in [0.1, 0.15) is 27.9 Å². The first kappa shape index (κ1) is 19.6. The molecule has 26 heavy (non-hydrogen) atoms. The number of benzene rings is 2. The Kier molecular flexibility index (Phi) is 6.50. The second-order valence-electron chi connectivity index (χ2n) is 5.92. The van der Waals surface area contributed by atoms with E-state index in [-0.39, 0.29) is 30.3 Å². The molecule has 0 saturated carbocycles. The van der Waals surface area contributed by atoms with Gasteiger partial charge in [-0.15, -0.1) is 0 Å². The molecule has 1 amide bonds. The Morgan fingerprint density at radius 3 is 2.54 bits per heavy atom. The number of amides is 1. The minimum Gasteiger partial charge on any atom is -0.341 e. The number of carbonyl (C=O) groups excluding carboxylic acids is 1. The van der Waals surface area contributed by atoms with Crippen LogP contribution in [0.15, 0.2) is 53.4 Å². The topological polar surface area (TPSA) is 90.3 Å². The summed E-state index contributed by atoms with van der Waals surface area (Å²) in [4.78, 5) is 14.0. The summed E-state index contributed by atoms with van der Waals surface area (Å²) >= 11 is 0. The third-order valence-corrected chi connectivity index (χ3v) is 5.36. The summed E-state index contributed by atoms with van der Waals surface area (Å²) in [5, 5.41) is 8.65. The molecule has 136 valence electrons. The molecule has 0 aliphatic carbocycles. The van der Waals surface area contributed by atoms with Gasteiger partial charge < -0.3 is 4.90 Å². The first-order chi connectivity index (χ1) is 12.3. The van der Waals surface area contributed by atoms with Crippen LogP contribution in [0, 0.1) is 18.3 Å². The third-order valence-electron chi connectivity index (χ3n) is 3.96. The number of aryl methyl sites for hydroxylation is 1. The average molecular weight is 371 g/mol. The van der Waals surface area contributed by atoms with Crippen LogP contribution < -0.4 is 4.72 Å². The van der Waals surface area contributed by atoms with E-state index in [2.05, 4.69) is 4.72 Å². The van der Waals surface area contributed by atoms with Crippen LogP contribution in [-0.4, -0.2) is 32.8 Å². The standard InChI is InChI=1S/C19H21N3O3S/c1-15-9-10-17(13-18(15)19(23)22(2)12-6-11-20)26(24,25)21-14-16-7-4-3-5-8-16/h3-5,7-10,13,21H,6,12,14H2,1-2H3. The molecule has 0 atom stereocenters. The number of nitrogens with one attached hydrogen (secondary N) is 1. The summed E-state index contributed by atoms with van der Waals surface area (Å²) < 4.78 is 27.7. The van der Waals surface area contributed by atoms with Crippen LogP contribution in [0.5, 0.6) is 0 Å². The van der Waals surface area contributed by atoms with Crippen molar-refractivity contribution in [3.63, 3.8) is 0 Å². The maximum atomic E-state index is 12.6. The van der Waals surface area contributed by atoms with Crippen LogP contribution in [0.4, 0.5) is 0 Å². The van der Waals surface area contributed by atoms with Crippen molar-refractivity contribution < 1.29 is 13.2 Å². The normalized spacial score (nSPS) is 11.0. The van der Waals surface area contributed by atoms with Gasteiger partial charge >= 0.3 is 0 Å². The smallest absolute Gasteiger partial charge is 0.253 e. The number of sulfonamides is 1. The summed E-state index contributed by atoms with van der Waals surface area (Å²) in [5.41, 5.74) is 1.84. The molecule has 0 radical (unpaired) electrons. The molecular weight excluding hydrogens is 350 g/mol. The Morgan fingerprint density at radius 1 is 1.19 bits per heavy atom. The van der Waals surface area contributed by atoms with Crippen molar-refractivity contribution in [2.24, 2.45) is 0 Å². The van der Waals surface area contributed by atoms with E-state index in [1.165, 1.54) is 17.0 Å². The highest BCUT2D eigenvalue weighted by Gasteiger charge is 2.19. The minimum absolute atomic E-state index is 0.0380. The van der Waals surface area contributed by atoms with Crippen LogP contribution in [0.2, 0.25) is 0 Å². The summed E-state index contributed by atoms with van der Waals surface area (Å²) in [6, 6.07) is 15.7. The Bertz CT molecular complexity index is 919. The highest BCUT2D eigenvalue weighted by atomic mass is 32.2. The van der Waals surface area contributed by atoms with E-state index in [9.17, 15) is 13.2 Å². The zero-order valence-electron chi connectivity index (χ0n) is 14.8. The van der Waals surface area contributed by atoms with Gasteiger partial charge in [-0.25, -0.2) is 13.1 Å². The van der Waals surface area contributed by atoms with Crippen molar-refractivity contribution in [1.82, 2.24) is 9.62 Å². The molecule has 0 heterocycles. The van der Waals surface area contributed by atoms with Gasteiger partial charge in [0.1, 0.15) is 0 Å². The zero-order valence-corrected chi connectivity index (χ0v) is 15.6. The first-order valence-electron chi connectivity index (χ1n) is 8.12. The van der Waals surface area contributed by atoms with Gasteiger partial charge in [-0.05, 0) is 30.2 Å². The van der Waals surface area contributed by atoms with Gasteiger partial charge in [0.15, 0.2) is 0 Å². The summed E-state index contributed by atoms with van der Waals surface area (Å²) in [7, 11) is -2.16. The first-order valence-corrected chi connectivity index (χ1v) is 9.60. The molecular formula is C19H21N3O3S. The number of hydrogen-bond acceptors (Lipinski definition) is 4. The molecule has 2 rings (SSSR count). The van der Waals surface area contributed by atoms with E-state index < -0.39 is 10.0 Å². The maximum absolute atomic E-state index is 12.6.